The van der Waals surface area contributed by atoms with E-state index in [2.05, 4.69) is 22.8 Å². The number of fused-ring (bicyclic) bond motifs is 1. The van der Waals surface area contributed by atoms with Crippen LogP contribution < -0.4 is 0 Å². The molecule has 2 aliphatic carbocycles. The van der Waals surface area contributed by atoms with Crippen LogP contribution in [0, 0.1) is 5.92 Å². The minimum Gasteiger partial charge on any atom is -0.481 e. The predicted octanol–water partition coefficient (Wildman–Crippen LogP) is 3.34. The van der Waals surface area contributed by atoms with Gasteiger partial charge in [-0.25, -0.2) is 4.98 Å². The highest BCUT2D eigenvalue weighted by Crippen LogP contribution is 2.52. The molecule has 0 radical (unpaired) electrons. The van der Waals surface area contributed by atoms with Gasteiger partial charge in [-0.3, -0.25) is 4.79 Å². The Bertz CT molecular complexity index is 672. The van der Waals surface area contributed by atoms with Gasteiger partial charge < -0.3 is 9.67 Å². The van der Waals surface area contributed by atoms with Gasteiger partial charge in [-0.15, -0.1) is 0 Å². The van der Waals surface area contributed by atoms with Crippen LogP contribution in [0.25, 0.3) is 11.0 Å². The lowest BCUT2D eigenvalue weighted by molar-refractivity contribution is -0.137. The number of para-hydroxylation sites is 2. The van der Waals surface area contributed by atoms with Crippen molar-refractivity contribution in [1.29, 1.82) is 0 Å². The van der Waals surface area contributed by atoms with Gasteiger partial charge in [0.2, 0.25) is 0 Å². The predicted molar refractivity (Wildman–Crippen MR) is 75.7 cm³/mol. The number of benzene rings is 1. The van der Waals surface area contributed by atoms with Crippen molar-refractivity contribution in [3.05, 3.63) is 30.1 Å². The first-order chi connectivity index (χ1) is 9.74. The SMILES string of the molecule is O=C(O)CCC1C[C@@H]1c1nc2ccccc2n1C1CC1. The van der Waals surface area contributed by atoms with E-state index in [1.54, 1.807) is 0 Å². The van der Waals surface area contributed by atoms with E-state index in [9.17, 15) is 4.79 Å². The number of carboxylic acids is 1. The van der Waals surface area contributed by atoms with E-state index in [4.69, 9.17) is 10.1 Å². The third kappa shape index (κ3) is 1.99. The van der Waals surface area contributed by atoms with Crippen molar-refractivity contribution in [2.24, 2.45) is 5.92 Å². The number of nitrogens with zero attached hydrogens (tertiary/aromatic N) is 2. The molecule has 0 saturated heterocycles. The maximum Gasteiger partial charge on any atom is 0.303 e. The molecule has 0 amide bonds. The lowest BCUT2D eigenvalue weighted by Gasteiger charge is -2.07. The van der Waals surface area contributed by atoms with Crippen molar-refractivity contribution >= 4 is 17.0 Å². The van der Waals surface area contributed by atoms with Crippen molar-refractivity contribution < 1.29 is 9.90 Å². The Hall–Kier alpha value is -1.84. The van der Waals surface area contributed by atoms with E-state index in [0.29, 0.717) is 17.9 Å². The Labute approximate surface area is 117 Å². The van der Waals surface area contributed by atoms with Crippen LogP contribution in [-0.4, -0.2) is 20.6 Å². The number of imidazole rings is 1. The average molecular weight is 270 g/mol. The molecule has 0 spiro atoms. The highest BCUT2D eigenvalue weighted by Gasteiger charge is 2.43. The Balaban J connectivity index is 1.64. The molecule has 1 aromatic heterocycles. The molecular weight excluding hydrogens is 252 g/mol. The molecule has 1 aromatic carbocycles. The van der Waals surface area contributed by atoms with Crippen molar-refractivity contribution in [1.82, 2.24) is 9.55 Å². The molecule has 1 unspecified atom stereocenters. The van der Waals surface area contributed by atoms with Gasteiger partial charge in [-0.1, -0.05) is 12.1 Å². The molecule has 2 aromatic rings. The van der Waals surface area contributed by atoms with Crippen molar-refractivity contribution in [2.45, 2.75) is 44.1 Å². The van der Waals surface area contributed by atoms with Crippen LogP contribution in [-0.2, 0) is 4.79 Å². The summed E-state index contributed by atoms with van der Waals surface area (Å²) in [6.45, 7) is 0. The zero-order valence-corrected chi connectivity index (χ0v) is 11.3. The second-order valence-electron chi connectivity index (χ2n) is 6.09. The third-order valence-corrected chi connectivity index (χ3v) is 4.52. The van der Waals surface area contributed by atoms with E-state index < -0.39 is 5.97 Å². The van der Waals surface area contributed by atoms with Gasteiger partial charge in [-0.2, -0.15) is 0 Å². The highest BCUT2D eigenvalue weighted by molar-refractivity contribution is 5.76. The molecule has 4 rings (SSSR count). The average Bonchev–Trinajstić information content (AvgIpc) is 3.34. The summed E-state index contributed by atoms with van der Waals surface area (Å²) in [5.41, 5.74) is 2.33. The number of hydrogen-bond donors (Lipinski definition) is 1. The standard InChI is InChI=1S/C16H18N2O2/c19-15(20)8-5-10-9-12(10)16-17-13-3-1-2-4-14(13)18(16)11-6-7-11/h1-4,10-12H,5-9H2,(H,19,20)/t10?,12-/m0/s1. The van der Waals surface area contributed by atoms with Crippen LogP contribution in [0.5, 0.6) is 0 Å². The molecule has 0 bridgehead atoms. The molecule has 4 nitrogen and oxygen atoms in total. The second-order valence-corrected chi connectivity index (χ2v) is 6.09. The van der Waals surface area contributed by atoms with Crippen LogP contribution in [0.2, 0.25) is 0 Å². The van der Waals surface area contributed by atoms with E-state index in [0.717, 1.165) is 18.4 Å². The number of hydrogen-bond acceptors (Lipinski definition) is 2. The first kappa shape index (κ1) is 11.9. The van der Waals surface area contributed by atoms with E-state index in [-0.39, 0.29) is 6.42 Å². The number of aromatic nitrogens is 2. The van der Waals surface area contributed by atoms with Gasteiger partial charge in [0, 0.05) is 18.4 Å². The summed E-state index contributed by atoms with van der Waals surface area (Å²) in [7, 11) is 0. The van der Waals surface area contributed by atoms with Crippen molar-refractivity contribution in [2.75, 3.05) is 0 Å². The summed E-state index contributed by atoms with van der Waals surface area (Å²) in [6, 6.07) is 8.95. The molecule has 2 fully saturated rings. The van der Waals surface area contributed by atoms with Gasteiger partial charge in [0.1, 0.15) is 5.82 Å². The van der Waals surface area contributed by atoms with Crippen LogP contribution in [0.1, 0.15) is 49.9 Å². The number of aliphatic carboxylic acids is 1. The van der Waals surface area contributed by atoms with Crippen molar-refractivity contribution in [3.8, 4) is 0 Å². The van der Waals surface area contributed by atoms with Crippen LogP contribution >= 0.6 is 0 Å². The molecule has 4 heteroatoms. The maximum atomic E-state index is 10.7. The van der Waals surface area contributed by atoms with E-state index in [1.807, 2.05) is 6.07 Å². The smallest absolute Gasteiger partial charge is 0.303 e. The van der Waals surface area contributed by atoms with Gasteiger partial charge >= 0.3 is 5.97 Å². The molecule has 1 heterocycles. The fraction of sp³-hybridized carbons (Fsp3) is 0.500. The second kappa shape index (κ2) is 4.33. The topological polar surface area (TPSA) is 55.1 Å². The van der Waals surface area contributed by atoms with Crippen LogP contribution in [0.3, 0.4) is 0 Å². The maximum absolute atomic E-state index is 10.7. The summed E-state index contributed by atoms with van der Waals surface area (Å²) in [6.07, 6.45) is 4.67. The molecular formula is C16H18N2O2. The van der Waals surface area contributed by atoms with Gasteiger partial charge in [0.15, 0.2) is 0 Å². The molecule has 1 N–H and O–H groups in total. The largest absolute Gasteiger partial charge is 0.481 e. The summed E-state index contributed by atoms with van der Waals surface area (Å²) < 4.78 is 2.42. The zero-order valence-electron chi connectivity index (χ0n) is 11.3. The lowest BCUT2D eigenvalue weighted by atomic mass is 10.2. The Kier molecular flexibility index (Phi) is 2.59. The fourth-order valence-corrected chi connectivity index (χ4v) is 3.23. The summed E-state index contributed by atoms with van der Waals surface area (Å²) in [5.74, 6) is 1.50. The minimum absolute atomic E-state index is 0.283. The number of rotatable bonds is 5. The normalized spacial score (nSPS) is 25.0. The van der Waals surface area contributed by atoms with E-state index in [1.165, 1.54) is 24.2 Å². The Morgan fingerprint density at radius 3 is 2.90 bits per heavy atom. The van der Waals surface area contributed by atoms with Crippen molar-refractivity contribution in [3.63, 3.8) is 0 Å². The molecule has 2 atom stereocenters. The highest BCUT2D eigenvalue weighted by atomic mass is 16.4. The minimum atomic E-state index is -0.689. The molecule has 20 heavy (non-hydrogen) atoms. The quantitative estimate of drug-likeness (QED) is 0.906. The van der Waals surface area contributed by atoms with Crippen LogP contribution in [0.15, 0.2) is 24.3 Å². The first-order valence-electron chi connectivity index (χ1n) is 7.42. The molecule has 0 aliphatic heterocycles. The zero-order chi connectivity index (χ0) is 13.7. The van der Waals surface area contributed by atoms with Gasteiger partial charge in [-0.05, 0) is 43.7 Å². The van der Waals surface area contributed by atoms with Gasteiger partial charge in [0.05, 0.1) is 11.0 Å². The first-order valence-corrected chi connectivity index (χ1v) is 7.42. The monoisotopic (exact) mass is 270 g/mol. The molecule has 2 saturated carbocycles. The van der Waals surface area contributed by atoms with E-state index >= 15 is 0 Å². The molecule has 2 aliphatic rings. The number of carboxylic acid groups (broad SMARTS) is 1. The number of carbonyl (C=O) groups is 1. The third-order valence-electron chi connectivity index (χ3n) is 4.52. The van der Waals surface area contributed by atoms with Crippen LogP contribution in [0.4, 0.5) is 0 Å². The van der Waals surface area contributed by atoms with Gasteiger partial charge in [0.25, 0.3) is 0 Å². The Morgan fingerprint density at radius 1 is 1.35 bits per heavy atom. The fourth-order valence-electron chi connectivity index (χ4n) is 3.23. The molecule has 104 valence electrons. The summed E-state index contributed by atoms with van der Waals surface area (Å²) in [4.78, 5) is 15.5. The Morgan fingerprint density at radius 2 is 2.15 bits per heavy atom. The summed E-state index contributed by atoms with van der Waals surface area (Å²) >= 11 is 0. The lowest BCUT2D eigenvalue weighted by Crippen LogP contribution is -2.02. The summed E-state index contributed by atoms with van der Waals surface area (Å²) in [5, 5.41) is 8.79.